The predicted molar refractivity (Wildman–Crippen MR) is 209 cm³/mol. The van der Waals surface area contributed by atoms with E-state index < -0.39 is 20.2 Å². The Hall–Kier alpha value is -3.11. The van der Waals surface area contributed by atoms with Crippen LogP contribution in [0.4, 0.5) is 0 Å². The van der Waals surface area contributed by atoms with Crippen molar-refractivity contribution in [2.75, 3.05) is 0 Å². The second kappa shape index (κ2) is 20.2. The minimum Gasteiger partial charge on any atom is -0.282 e. The van der Waals surface area contributed by atoms with Crippen LogP contribution in [-0.4, -0.2) is 31.4 Å². The Bertz CT molecular complexity index is 2110. The van der Waals surface area contributed by atoms with E-state index >= 15 is 0 Å². The van der Waals surface area contributed by atoms with Gasteiger partial charge in [-0.05, 0) is 43.7 Å². The van der Waals surface area contributed by atoms with Gasteiger partial charge in [-0.15, -0.1) is 41.5 Å². The Morgan fingerprint density at radius 3 is 1.49 bits per heavy atom. The Morgan fingerprint density at radius 1 is 0.686 bits per heavy atom. The first-order valence-electron chi connectivity index (χ1n) is 16.3. The van der Waals surface area contributed by atoms with Gasteiger partial charge in [-0.2, -0.15) is 34.0 Å². The van der Waals surface area contributed by atoms with E-state index in [1.807, 2.05) is 13.8 Å². The number of fused-ring (bicyclic) bond motifs is 1. The van der Waals surface area contributed by atoms with Crippen LogP contribution >= 0.6 is 0 Å². The fourth-order valence-corrected chi connectivity index (χ4v) is 5.80. The first kappa shape index (κ1) is 44.1. The van der Waals surface area contributed by atoms with Crippen molar-refractivity contribution in [1.82, 2.24) is 0 Å². The number of aryl methyl sites for hydroxylation is 3. The molecule has 0 fully saturated rings. The maximum atomic E-state index is 10.5. The molecule has 0 radical (unpaired) electrons. The van der Waals surface area contributed by atoms with Gasteiger partial charge in [-0.25, -0.2) is 5.57 Å². The third kappa shape index (κ3) is 15.2. The zero-order valence-corrected chi connectivity index (χ0v) is 35.9. The van der Waals surface area contributed by atoms with E-state index in [-0.39, 0.29) is 15.2 Å². The summed E-state index contributed by atoms with van der Waals surface area (Å²) in [5.41, 5.74) is 10.3. The smallest absolute Gasteiger partial charge is 0.282 e. The fraction of sp³-hybridized carbons (Fsp3) is 0.244. The van der Waals surface area contributed by atoms with E-state index in [4.69, 9.17) is 9.11 Å². The average molecular weight is 820 g/mol. The summed E-state index contributed by atoms with van der Waals surface area (Å²) in [5.74, 6) is 0.560. The van der Waals surface area contributed by atoms with Gasteiger partial charge in [0.25, 0.3) is 20.2 Å². The average Bonchev–Trinajstić information content (AvgIpc) is 3.54. The summed E-state index contributed by atoms with van der Waals surface area (Å²) in [4.78, 5) is -0.133. The zero-order valence-electron chi connectivity index (χ0n) is 30.8. The Morgan fingerprint density at radius 2 is 1.14 bits per heavy atom. The van der Waals surface area contributed by atoms with Crippen molar-refractivity contribution < 1.29 is 49.3 Å². The van der Waals surface area contributed by atoms with Crippen molar-refractivity contribution >= 4 is 36.4 Å². The minimum atomic E-state index is -4.02. The van der Waals surface area contributed by atoms with Gasteiger partial charge in [-0.3, -0.25) is 15.2 Å². The molecule has 0 bridgehead atoms. The summed E-state index contributed by atoms with van der Waals surface area (Å²) >= 11 is 1.74. The maximum absolute atomic E-state index is 10.5. The van der Waals surface area contributed by atoms with Crippen LogP contribution in [0.5, 0.6) is 0 Å². The quantitative estimate of drug-likeness (QED) is 0.107. The molecule has 6 nitrogen and oxygen atoms in total. The molecule has 0 amide bonds. The molecule has 51 heavy (non-hydrogen) atoms. The molecule has 5 aromatic carbocycles. The molecule has 1 unspecified atom stereocenters. The summed E-state index contributed by atoms with van der Waals surface area (Å²) in [7, 11) is -8.04. The molecule has 0 aromatic heterocycles. The van der Waals surface area contributed by atoms with Gasteiger partial charge in [0.05, 0.1) is 9.79 Å². The van der Waals surface area contributed by atoms with Crippen LogP contribution in [0.15, 0.2) is 136 Å². The second-order valence-electron chi connectivity index (χ2n) is 12.6. The number of benzene rings is 4. The maximum Gasteiger partial charge on any atom is 0.294 e. The van der Waals surface area contributed by atoms with Crippen LogP contribution < -0.4 is 0 Å². The molecule has 0 saturated heterocycles. The van der Waals surface area contributed by atoms with E-state index in [2.05, 4.69) is 114 Å². The zero-order chi connectivity index (χ0) is 38.5. The van der Waals surface area contributed by atoms with Crippen molar-refractivity contribution in [3.63, 3.8) is 0 Å². The topological polar surface area (TPSA) is 109 Å². The Balaban J connectivity index is 0.000000233. The third-order valence-corrected chi connectivity index (χ3v) is 9.59. The van der Waals surface area contributed by atoms with Crippen LogP contribution in [-0.2, 0) is 43.6 Å². The van der Waals surface area contributed by atoms with E-state index in [0.29, 0.717) is 5.92 Å². The van der Waals surface area contributed by atoms with Gasteiger partial charge in [0.2, 0.25) is 0 Å². The molecule has 5 aromatic rings. The van der Waals surface area contributed by atoms with Gasteiger partial charge in [-0.1, -0.05) is 111 Å². The molecule has 1 aliphatic carbocycles. The molecule has 1 aliphatic rings. The molecule has 0 saturated carbocycles. The largest absolute Gasteiger partial charge is 0.294 e. The Kier molecular flexibility index (Phi) is 17.5. The molecule has 268 valence electrons. The summed E-state index contributed by atoms with van der Waals surface area (Å²) in [6, 6.07) is 33.5. The molecule has 0 spiro atoms. The van der Waals surface area contributed by atoms with Crippen molar-refractivity contribution in [3.05, 3.63) is 149 Å². The summed E-state index contributed by atoms with van der Waals surface area (Å²) in [6.07, 6.45) is 3.36. The van der Waals surface area contributed by atoms with Crippen LogP contribution in [0.25, 0.3) is 21.9 Å². The standard InChI is InChI=1S/C16H13.C9H13.2C7H8O3S.C2H6Si.Zr/c1-12-10-14-8-5-9-15(16(14)11-12)13-6-3-2-4-7-13;1-6-5-7(2)9(4)8(6)3;2*1-6-2-4-7(5-3-6)11(8,9)10;1-3-2;/h2-11H,1H3;6H,1-4H3;2*2-5H,1H3,(H,8,9,10);1-2H3;/q2*-1;;;;+2. The van der Waals surface area contributed by atoms with Crippen LogP contribution in [0.1, 0.15) is 44.4 Å². The number of hydrogen-bond acceptors (Lipinski definition) is 4. The van der Waals surface area contributed by atoms with Gasteiger partial charge in [0, 0.05) is 0 Å². The minimum absolute atomic E-state index is 0.0666. The van der Waals surface area contributed by atoms with Crippen LogP contribution in [0.2, 0.25) is 13.1 Å². The van der Waals surface area contributed by atoms with Crippen molar-refractivity contribution in [2.24, 2.45) is 5.92 Å². The van der Waals surface area contributed by atoms with Gasteiger partial charge >= 0.3 is 41.9 Å². The molecular formula is C41H48O6S2SiZr. The fourth-order valence-electron chi connectivity index (χ4n) is 4.84. The molecule has 2 N–H and O–H groups in total. The monoisotopic (exact) mass is 818 g/mol. The number of hydrogen-bond donors (Lipinski definition) is 2. The van der Waals surface area contributed by atoms with E-state index in [1.165, 1.54) is 68.4 Å². The molecule has 0 aliphatic heterocycles. The third-order valence-electron chi connectivity index (χ3n) is 7.85. The molecule has 10 heteroatoms. The summed E-state index contributed by atoms with van der Waals surface area (Å²) in [5, 5.41) is 2.69. The SMILES string of the molecule is CC1=[C-]C(C)C(C)=C1C.C[Si](C)=[Zr+2].Cc1cc2c(-c3ccccc3)cccc2[cH-]1.Cc1ccc(S(=O)(=O)O)cc1.Cc1ccc(S(=O)(=O)O)cc1. The van der Waals surface area contributed by atoms with Gasteiger partial charge < -0.3 is 0 Å². The van der Waals surface area contributed by atoms with Crippen molar-refractivity contribution in [1.29, 1.82) is 0 Å². The van der Waals surface area contributed by atoms with Crippen molar-refractivity contribution in [2.45, 2.75) is 71.4 Å². The summed E-state index contributed by atoms with van der Waals surface area (Å²) in [6.45, 7) is 19.1. The molecule has 0 heterocycles. The first-order valence-corrected chi connectivity index (χ1v) is 25.4. The van der Waals surface area contributed by atoms with Crippen molar-refractivity contribution in [3.8, 4) is 11.1 Å². The first-order chi connectivity index (χ1) is 23.7. The predicted octanol–water partition coefficient (Wildman–Crippen LogP) is 10.5. The van der Waals surface area contributed by atoms with Gasteiger partial charge in [0.1, 0.15) is 0 Å². The van der Waals surface area contributed by atoms with E-state index in [0.717, 1.165) is 11.1 Å². The second-order valence-corrected chi connectivity index (χ2v) is 24.8. The van der Waals surface area contributed by atoms with Gasteiger partial charge in [0.15, 0.2) is 0 Å². The number of allylic oxidation sites excluding steroid dienone is 4. The van der Waals surface area contributed by atoms with E-state index in [9.17, 15) is 16.8 Å². The molecular weight excluding hydrogens is 772 g/mol. The molecule has 6 rings (SSSR count). The van der Waals surface area contributed by atoms with Crippen LogP contribution in [0.3, 0.4) is 0 Å². The molecule has 1 atom stereocenters. The summed E-state index contributed by atoms with van der Waals surface area (Å²) < 4.78 is 59.1. The Labute approximate surface area is 320 Å². The number of rotatable bonds is 3. The van der Waals surface area contributed by atoms with E-state index in [1.54, 1.807) is 47.6 Å². The van der Waals surface area contributed by atoms with Crippen LogP contribution in [0, 0.1) is 32.8 Å². The normalized spacial score (nSPS) is 13.7.